The van der Waals surface area contributed by atoms with E-state index < -0.39 is 5.97 Å². The van der Waals surface area contributed by atoms with Crippen LogP contribution in [0.5, 0.6) is 0 Å². The molecule has 0 aromatic carbocycles. The molecule has 0 aliphatic rings. The summed E-state index contributed by atoms with van der Waals surface area (Å²) < 4.78 is 9.11. The second-order valence-electron chi connectivity index (χ2n) is 2.29. The lowest BCUT2D eigenvalue weighted by Gasteiger charge is -2.11. The highest BCUT2D eigenvalue weighted by atomic mass is 16.6. The minimum Gasteiger partial charge on any atom is -0.511 e. The average molecular weight is 173 g/mol. The fourth-order valence-electron chi connectivity index (χ4n) is 0.582. The van der Waals surface area contributed by atoms with Crippen LogP contribution in [0, 0.1) is 0 Å². The molecular formula is C6H12BNO4. The second-order valence-corrected chi connectivity index (χ2v) is 2.29. The van der Waals surface area contributed by atoms with Crippen molar-refractivity contribution in [2.24, 2.45) is 0 Å². The van der Waals surface area contributed by atoms with Crippen molar-refractivity contribution in [1.82, 2.24) is 4.90 Å². The van der Waals surface area contributed by atoms with E-state index >= 15 is 0 Å². The average Bonchev–Trinajstić information content (AvgIpc) is 2.01. The summed E-state index contributed by atoms with van der Waals surface area (Å²) in [6.07, 6.45) is 0.726. The van der Waals surface area contributed by atoms with Gasteiger partial charge in [-0.05, 0) is 7.05 Å². The Labute approximate surface area is 71.9 Å². The molecule has 0 fully saturated rings. The molecule has 0 amide bonds. The number of hydrogen-bond acceptors (Lipinski definition) is 5. The summed E-state index contributed by atoms with van der Waals surface area (Å²) in [5.74, 6) is -0.402. The zero-order valence-electron chi connectivity index (χ0n) is 7.28. The number of carbonyl (C=O) groups is 2. The van der Waals surface area contributed by atoms with Gasteiger partial charge in [0.05, 0.1) is 13.1 Å². The lowest BCUT2D eigenvalue weighted by atomic mass is 10.4. The van der Waals surface area contributed by atoms with Crippen LogP contribution in [0.3, 0.4) is 0 Å². The van der Waals surface area contributed by atoms with Gasteiger partial charge in [-0.25, -0.2) is 0 Å². The maximum absolute atomic E-state index is 10.8. The maximum atomic E-state index is 10.8. The highest BCUT2D eigenvalue weighted by Gasteiger charge is 2.06. The largest absolute Gasteiger partial charge is 0.511 e. The standard InChI is InChI=1S/C6H12BNO4/c1-8(3-4-9)5-6(10)12-7-11-2/h4,7H,3,5H2,1-2H3. The van der Waals surface area contributed by atoms with Crippen molar-refractivity contribution >= 4 is 19.9 Å². The first kappa shape index (κ1) is 11.1. The number of carbonyl (C=O) groups excluding carboxylic acids is 2. The molecule has 6 heteroatoms. The van der Waals surface area contributed by atoms with Gasteiger partial charge in [-0.3, -0.25) is 9.69 Å². The molecule has 0 unspecified atom stereocenters. The minimum absolute atomic E-state index is 0.0479. The van der Waals surface area contributed by atoms with Crippen molar-refractivity contribution in [3.8, 4) is 0 Å². The predicted octanol–water partition coefficient (Wildman–Crippen LogP) is -1.43. The number of rotatable bonds is 6. The van der Waals surface area contributed by atoms with Gasteiger partial charge in [0.2, 0.25) is 0 Å². The summed E-state index contributed by atoms with van der Waals surface area (Å²) in [5, 5.41) is 0. The van der Waals surface area contributed by atoms with Crippen molar-refractivity contribution in [2.75, 3.05) is 27.2 Å². The van der Waals surface area contributed by atoms with E-state index in [2.05, 4.69) is 9.31 Å². The molecule has 0 rings (SSSR count). The van der Waals surface area contributed by atoms with Gasteiger partial charge >= 0.3 is 13.7 Å². The lowest BCUT2D eigenvalue weighted by molar-refractivity contribution is -0.136. The molecule has 0 spiro atoms. The van der Waals surface area contributed by atoms with Gasteiger partial charge in [0.1, 0.15) is 6.29 Å². The molecule has 68 valence electrons. The summed E-state index contributed by atoms with van der Waals surface area (Å²) in [6.45, 7) is 0.324. The predicted molar refractivity (Wildman–Crippen MR) is 43.8 cm³/mol. The van der Waals surface area contributed by atoms with Crippen LogP contribution in [0.25, 0.3) is 0 Å². The molecule has 5 nitrogen and oxygen atoms in total. The van der Waals surface area contributed by atoms with Crippen molar-refractivity contribution in [3.05, 3.63) is 0 Å². The van der Waals surface area contributed by atoms with Crippen molar-refractivity contribution in [1.29, 1.82) is 0 Å². The zero-order chi connectivity index (χ0) is 9.40. The monoisotopic (exact) mass is 173 g/mol. The van der Waals surface area contributed by atoms with Crippen LogP contribution in [0.15, 0.2) is 0 Å². The van der Waals surface area contributed by atoms with Crippen LogP contribution in [-0.2, 0) is 18.9 Å². The molecule has 0 bridgehead atoms. The van der Waals surface area contributed by atoms with Crippen LogP contribution in [-0.4, -0.2) is 52.1 Å². The topological polar surface area (TPSA) is 55.8 Å². The second kappa shape index (κ2) is 6.81. The van der Waals surface area contributed by atoms with E-state index in [1.54, 1.807) is 11.9 Å². The number of aldehydes is 1. The van der Waals surface area contributed by atoms with Crippen LogP contribution in [0.4, 0.5) is 0 Å². The Hall–Kier alpha value is -0.875. The highest BCUT2D eigenvalue weighted by Crippen LogP contribution is 1.82. The van der Waals surface area contributed by atoms with E-state index in [1.165, 1.54) is 7.11 Å². The molecule has 12 heavy (non-hydrogen) atoms. The third kappa shape index (κ3) is 5.88. The van der Waals surface area contributed by atoms with Gasteiger partial charge < -0.3 is 14.1 Å². The van der Waals surface area contributed by atoms with Crippen LogP contribution >= 0.6 is 0 Å². The summed E-state index contributed by atoms with van der Waals surface area (Å²) >= 11 is 0. The number of hydrogen-bond donors (Lipinski definition) is 0. The molecule has 0 aliphatic carbocycles. The molecule has 0 aromatic heterocycles. The fourth-order valence-corrected chi connectivity index (χ4v) is 0.582. The van der Waals surface area contributed by atoms with Crippen LogP contribution in [0.1, 0.15) is 0 Å². The van der Waals surface area contributed by atoms with Gasteiger partial charge in [-0.15, -0.1) is 0 Å². The van der Waals surface area contributed by atoms with E-state index in [0.29, 0.717) is 0 Å². The molecule has 0 saturated carbocycles. The van der Waals surface area contributed by atoms with Crippen LogP contribution < -0.4 is 0 Å². The Balaban J connectivity index is 3.46. The van der Waals surface area contributed by atoms with Gasteiger partial charge in [0.15, 0.2) is 0 Å². The number of likely N-dealkylation sites (N-methyl/N-ethyl adjacent to an activating group) is 1. The van der Waals surface area contributed by atoms with Crippen LogP contribution in [0.2, 0.25) is 0 Å². The first-order valence-corrected chi connectivity index (χ1v) is 3.47. The SMILES string of the molecule is COBOC(=O)CN(C)CC=O. The van der Waals surface area contributed by atoms with Gasteiger partial charge in [0, 0.05) is 7.11 Å². The Kier molecular flexibility index (Phi) is 6.31. The summed E-state index contributed by atoms with van der Waals surface area (Å²) in [7, 11) is 3.04. The molecule has 0 radical (unpaired) electrons. The molecule has 0 heterocycles. The third-order valence-corrected chi connectivity index (χ3v) is 1.12. The minimum atomic E-state index is -0.402. The van der Waals surface area contributed by atoms with Gasteiger partial charge in [-0.2, -0.15) is 0 Å². The molecule has 0 N–H and O–H groups in total. The summed E-state index contributed by atoms with van der Waals surface area (Å²) in [4.78, 5) is 22.4. The normalized spacial score (nSPS) is 9.58. The zero-order valence-corrected chi connectivity index (χ0v) is 7.28. The van der Waals surface area contributed by atoms with Gasteiger partial charge in [0.25, 0.3) is 0 Å². The van der Waals surface area contributed by atoms with E-state index in [1.807, 2.05) is 0 Å². The molecule has 0 aromatic rings. The van der Waals surface area contributed by atoms with Gasteiger partial charge in [-0.1, -0.05) is 0 Å². The van der Waals surface area contributed by atoms with E-state index in [4.69, 9.17) is 0 Å². The number of nitrogens with zero attached hydrogens (tertiary/aromatic N) is 1. The smallest absolute Gasteiger partial charge is 0.508 e. The summed E-state index contributed by atoms with van der Waals surface area (Å²) in [5.41, 5.74) is 0. The molecule has 0 saturated heterocycles. The Morgan fingerprint density at radius 2 is 2.33 bits per heavy atom. The highest BCUT2D eigenvalue weighted by molar-refractivity contribution is 6.22. The fraction of sp³-hybridized carbons (Fsp3) is 0.667. The lowest BCUT2D eigenvalue weighted by Crippen LogP contribution is -2.29. The third-order valence-electron chi connectivity index (χ3n) is 1.12. The van der Waals surface area contributed by atoms with E-state index in [9.17, 15) is 9.59 Å². The Morgan fingerprint density at radius 3 is 2.83 bits per heavy atom. The van der Waals surface area contributed by atoms with E-state index in [0.717, 1.165) is 6.29 Å². The Morgan fingerprint density at radius 1 is 1.67 bits per heavy atom. The van der Waals surface area contributed by atoms with Crippen molar-refractivity contribution in [3.63, 3.8) is 0 Å². The van der Waals surface area contributed by atoms with Crippen molar-refractivity contribution < 1.29 is 18.9 Å². The Bertz CT molecular complexity index is 152. The first-order chi connectivity index (χ1) is 5.70. The molecular weight excluding hydrogens is 161 g/mol. The summed E-state index contributed by atoms with van der Waals surface area (Å²) in [6, 6.07) is 0. The first-order valence-electron chi connectivity index (χ1n) is 3.47. The molecule has 0 atom stereocenters. The quantitative estimate of drug-likeness (QED) is 0.364. The van der Waals surface area contributed by atoms with E-state index in [-0.39, 0.29) is 20.8 Å². The maximum Gasteiger partial charge on any atom is 0.508 e. The molecule has 0 aliphatic heterocycles. The van der Waals surface area contributed by atoms with Crippen molar-refractivity contribution in [2.45, 2.75) is 0 Å².